The third kappa shape index (κ3) is 3.78. The summed E-state index contributed by atoms with van der Waals surface area (Å²) in [6.45, 7) is 0.322. The third-order valence-corrected chi connectivity index (χ3v) is 3.97. The summed E-state index contributed by atoms with van der Waals surface area (Å²) < 4.78 is 1.55. The molecule has 9 nitrogen and oxygen atoms in total. The highest BCUT2D eigenvalue weighted by Gasteiger charge is 2.17. The van der Waals surface area contributed by atoms with E-state index in [1.807, 2.05) is 0 Å². The van der Waals surface area contributed by atoms with Crippen molar-refractivity contribution >= 4 is 40.7 Å². The molecule has 0 aliphatic heterocycles. The molecule has 0 saturated heterocycles. The van der Waals surface area contributed by atoms with Crippen molar-refractivity contribution in [3.05, 3.63) is 67.9 Å². The Hall–Kier alpha value is -2.91. The molecule has 3 rings (SSSR count). The Morgan fingerprint density at radius 2 is 2.04 bits per heavy atom. The van der Waals surface area contributed by atoms with Crippen molar-refractivity contribution in [2.75, 3.05) is 5.32 Å². The number of rotatable bonds is 5. The number of hydrogen-bond acceptors (Lipinski definition) is 5. The Balaban J connectivity index is 1.71. The van der Waals surface area contributed by atoms with Gasteiger partial charge in [-0.3, -0.25) is 9.48 Å². The summed E-state index contributed by atoms with van der Waals surface area (Å²) in [6.07, 6.45) is 1.64. The van der Waals surface area contributed by atoms with Crippen LogP contribution in [0, 0.1) is 10.1 Å². The molecule has 3 aromatic rings. The maximum atomic E-state index is 12.0. The minimum Gasteiger partial charge on any atom is -0.358 e. The lowest BCUT2D eigenvalue weighted by molar-refractivity contribution is -0.389. The average molecular weight is 381 g/mol. The average Bonchev–Trinajstić information content (AvgIpc) is 3.20. The quantitative estimate of drug-likeness (QED) is 0.520. The molecule has 1 amide bonds. The van der Waals surface area contributed by atoms with Gasteiger partial charge in [-0.05, 0) is 17.1 Å². The summed E-state index contributed by atoms with van der Waals surface area (Å²) in [4.78, 5) is 21.9. The lowest BCUT2D eigenvalue weighted by Gasteiger charge is -2.06. The number of carbonyl (C=O) groups excluding carboxylic acids is 1. The Morgan fingerprint density at radius 3 is 2.68 bits per heavy atom. The van der Waals surface area contributed by atoms with E-state index in [4.69, 9.17) is 23.2 Å². The highest BCUT2D eigenvalue weighted by molar-refractivity contribution is 6.35. The van der Waals surface area contributed by atoms with E-state index in [0.29, 0.717) is 22.2 Å². The molecule has 0 aliphatic carbocycles. The molecule has 2 aromatic heterocycles. The van der Waals surface area contributed by atoms with Crippen LogP contribution in [-0.4, -0.2) is 30.8 Å². The highest BCUT2D eigenvalue weighted by atomic mass is 35.5. The van der Waals surface area contributed by atoms with E-state index in [-0.39, 0.29) is 17.3 Å². The Morgan fingerprint density at radius 1 is 1.32 bits per heavy atom. The summed E-state index contributed by atoms with van der Waals surface area (Å²) in [5, 5.41) is 24.1. The Kier molecular flexibility index (Phi) is 4.68. The van der Waals surface area contributed by atoms with Crippen LogP contribution >= 0.6 is 23.2 Å². The van der Waals surface area contributed by atoms with Crippen molar-refractivity contribution in [3.8, 4) is 0 Å². The van der Waals surface area contributed by atoms with Crippen molar-refractivity contribution < 1.29 is 9.72 Å². The van der Waals surface area contributed by atoms with Gasteiger partial charge in [0.15, 0.2) is 11.5 Å². The van der Waals surface area contributed by atoms with Crippen molar-refractivity contribution in [2.24, 2.45) is 0 Å². The van der Waals surface area contributed by atoms with Crippen molar-refractivity contribution in [3.63, 3.8) is 0 Å². The SMILES string of the molecule is O=C(Nc1ccn(Cc2c(Cl)cccc2Cl)n1)c1cc([N+](=O)[O-])[nH]n1. The molecular formula is C14H10Cl2N6O3. The number of amides is 1. The summed E-state index contributed by atoms with van der Waals surface area (Å²) >= 11 is 12.2. The summed E-state index contributed by atoms with van der Waals surface area (Å²) in [6, 6.07) is 7.80. The number of nitro groups is 1. The van der Waals surface area contributed by atoms with E-state index in [1.54, 1.807) is 35.1 Å². The minimum absolute atomic E-state index is 0.115. The molecule has 11 heteroatoms. The molecule has 25 heavy (non-hydrogen) atoms. The van der Waals surface area contributed by atoms with Crippen LogP contribution in [0.3, 0.4) is 0 Å². The maximum Gasteiger partial charge on any atom is 0.343 e. The first-order valence-corrected chi connectivity index (χ1v) is 7.67. The second-order valence-electron chi connectivity index (χ2n) is 4.95. The molecule has 1 aromatic carbocycles. The van der Waals surface area contributed by atoms with Crippen LogP contribution in [0.5, 0.6) is 0 Å². The van der Waals surface area contributed by atoms with Crippen LogP contribution in [-0.2, 0) is 6.54 Å². The van der Waals surface area contributed by atoms with Crippen LogP contribution in [0.25, 0.3) is 0 Å². The molecule has 0 atom stereocenters. The van der Waals surface area contributed by atoms with Crippen LogP contribution in [0.15, 0.2) is 36.5 Å². The lowest BCUT2D eigenvalue weighted by Crippen LogP contribution is -2.13. The number of H-pyrrole nitrogens is 1. The highest BCUT2D eigenvalue weighted by Crippen LogP contribution is 2.25. The van der Waals surface area contributed by atoms with Gasteiger partial charge in [-0.2, -0.15) is 5.10 Å². The van der Waals surface area contributed by atoms with Crippen LogP contribution < -0.4 is 5.32 Å². The van der Waals surface area contributed by atoms with Crippen LogP contribution in [0.4, 0.5) is 11.6 Å². The van der Waals surface area contributed by atoms with E-state index < -0.39 is 10.8 Å². The van der Waals surface area contributed by atoms with E-state index >= 15 is 0 Å². The fraction of sp³-hybridized carbons (Fsp3) is 0.0714. The molecule has 0 unspecified atom stereocenters. The predicted molar refractivity (Wildman–Crippen MR) is 91.0 cm³/mol. The third-order valence-electron chi connectivity index (χ3n) is 3.26. The molecule has 0 spiro atoms. The molecule has 0 bridgehead atoms. The zero-order valence-electron chi connectivity index (χ0n) is 12.4. The van der Waals surface area contributed by atoms with Crippen LogP contribution in [0.1, 0.15) is 16.1 Å². The summed E-state index contributed by atoms with van der Waals surface area (Å²) in [5.74, 6) is -0.728. The smallest absolute Gasteiger partial charge is 0.343 e. The zero-order valence-corrected chi connectivity index (χ0v) is 14.0. The number of halogens is 2. The van der Waals surface area contributed by atoms with E-state index in [2.05, 4.69) is 20.6 Å². The van der Waals surface area contributed by atoms with Gasteiger partial charge in [-0.15, -0.1) is 5.10 Å². The van der Waals surface area contributed by atoms with Crippen molar-refractivity contribution in [2.45, 2.75) is 6.54 Å². The summed E-state index contributed by atoms with van der Waals surface area (Å²) in [7, 11) is 0. The first-order chi connectivity index (χ1) is 11.9. The molecule has 2 heterocycles. The molecule has 0 aliphatic rings. The van der Waals surface area contributed by atoms with Gasteiger partial charge in [0.2, 0.25) is 0 Å². The topological polar surface area (TPSA) is 119 Å². The minimum atomic E-state index is -0.675. The number of nitrogens with one attached hydrogen (secondary N) is 2. The van der Waals surface area contributed by atoms with Gasteiger partial charge in [0.25, 0.3) is 5.91 Å². The monoisotopic (exact) mass is 380 g/mol. The Labute approximate surface area is 150 Å². The van der Waals surface area contributed by atoms with Crippen LogP contribution in [0.2, 0.25) is 10.0 Å². The summed E-state index contributed by atoms with van der Waals surface area (Å²) in [5.41, 5.74) is 0.588. The van der Waals surface area contributed by atoms with Gasteiger partial charge in [0, 0.05) is 27.9 Å². The molecule has 0 fully saturated rings. The van der Waals surface area contributed by atoms with Gasteiger partial charge in [-0.25, -0.2) is 0 Å². The number of anilines is 1. The number of benzene rings is 1. The first kappa shape index (κ1) is 16.9. The maximum absolute atomic E-state index is 12.0. The first-order valence-electron chi connectivity index (χ1n) is 6.91. The number of aromatic nitrogens is 4. The number of hydrogen-bond donors (Lipinski definition) is 2. The second kappa shape index (κ2) is 6.91. The van der Waals surface area contributed by atoms with E-state index in [0.717, 1.165) is 6.07 Å². The van der Waals surface area contributed by atoms with Gasteiger partial charge >= 0.3 is 5.82 Å². The molecule has 0 saturated carbocycles. The standard InChI is InChI=1S/C14H10Cl2N6O3/c15-9-2-1-3-10(16)8(9)7-21-5-4-12(20-21)17-14(23)11-6-13(19-18-11)22(24)25/h1-6H,7H2,(H,18,19)(H,17,20,23). The predicted octanol–water partition coefficient (Wildman–Crippen LogP) is 3.12. The van der Waals surface area contributed by atoms with Gasteiger partial charge in [-0.1, -0.05) is 34.4 Å². The molecule has 128 valence electrons. The van der Waals surface area contributed by atoms with Gasteiger partial charge in [0.1, 0.15) is 0 Å². The number of nitrogens with zero attached hydrogens (tertiary/aromatic N) is 4. The number of carbonyl (C=O) groups is 1. The van der Waals surface area contributed by atoms with Crippen molar-refractivity contribution in [1.82, 2.24) is 20.0 Å². The molecular weight excluding hydrogens is 371 g/mol. The van der Waals surface area contributed by atoms with E-state index in [1.165, 1.54) is 0 Å². The fourth-order valence-electron chi connectivity index (χ4n) is 2.06. The lowest BCUT2D eigenvalue weighted by atomic mass is 10.2. The van der Waals surface area contributed by atoms with Gasteiger partial charge in [0.05, 0.1) is 12.6 Å². The Bertz CT molecular complexity index is 931. The van der Waals surface area contributed by atoms with E-state index in [9.17, 15) is 14.9 Å². The largest absolute Gasteiger partial charge is 0.358 e. The molecule has 0 radical (unpaired) electrons. The zero-order chi connectivity index (χ0) is 18.0. The molecule has 2 N–H and O–H groups in total. The normalized spacial score (nSPS) is 10.6. The second-order valence-corrected chi connectivity index (χ2v) is 5.76. The van der Waals surface area contributed by atoms with Gasteiger partial charge < -0.3 is 15.4 Å². The fourth-order valence-corrected chi connectivity index (χ4v) is 2.58. The van der Waals surface area contributed by atoms with Crippen molar-refractivity contribution in [1.29, 1.82) is 0 Å². The number of aromatic amines is 1.